The normalized spacial score (nSPS) is 15.7. The Kier molecular flexibility index (Phi) is 7.93. The number of carbonyl (C=O) groups is 2. The zero-order chi connectivity index (χ0) is 25.8. The van der Waals surface area contributed by atoms with Crippen molar-refractivity contribution in [2.75, 3.05) is 33.9 Å². The molecule has 36 heavy (non-hydrogen) atoms. The summed E-state index contributed by atoms with van der Waals surface area (Å²) in [5.41, 5.74) is 1.29. The van der Waals surface area contributed by atoms with E-state index in [2.05, 4.69) is 17.2 Å². The Labute approximate surface area is 214 Å². The number of carbonyl (C=O) groups excluding carboxylic acids is 2. The third kappa shape index (κ3) is 5.38. The zero-order valence-corrected chi connectivity index (χ0v) is 21.9. The molecule has 4 rings (SSSR count). The van der Waals surface area contributed by atoms with Crippen LogP contribution in [0.25, 0.3) is 10.2 Å². The molecule has 3 heterocycles. The van der Waals surface area contributed by atoms with Crippen molar-refractivity contribution in [3.05, 3.63) is 50.9 Å². The van der Waals surface area contributed by atoms with Gasteiger partial charge in [0.25, 0.3) is 11.5 Å². The summed E-state index contributed by atoms with van der Waals surface area (Å²) < 4.78 is 11.9. The highest BCUT2D eigenvalue weighted by Crippen LogP contribution is 2.28. The van der Waals surface area contributed by atoms with Gasteiger partial charge in [-0.1, -0.05) is 13.0 Å². The second-order valence-corrected chi connectivity index (χ2v) is 10.2. The molecular weight excluding hydrogens is 480 g/mol. The summed E-state index contributed by atoms with van der Waals surface area (Å²) in [6.07, 6.45) is 4.11. The van der Waals surface area contributed by atoms with Crippen molar-refractivity contribution >= 4 is 33.4 Å². The molecule has 0 spiro atoms. The largest absolute Gasteiger partial charge is 0.493 e. The number of amides is 2. The first-order chi connectivity index (χ1) is 17.3. The molecule has 1 atom stereocenters. The number of hydrogen-bond donors (Lipinski definition) is 1. The third-order valence-electron chi connectivity index (χ3n) is 6.59. The topological polar surface area (TPSA) is 103 Å². The number of aryl methyl sites for hydroxylation is 1. The first-order valence-electron chi connectivity index (χ1n) is 12.1. The lowest BCUT2D eigenvalue weighted by Crippen LogP contribution is -2.42. The lowest BCUT2D eigenvalue weighted by atomic mass is 10.0. The molecule has 10 heteroatoms. The smallest absolute Gasteiger partial charge is 0.262 e. The minimum absolute atomic E-state index is 0.0450. The predicted octanol–water partition coefficient (Wildman–Crippen LogP) is 3.01. The van der Waals surface area contributed by atoms with Gasteiger partial charge in [0, 0.05) is 19.6 Å². The molecule has 1 saturated heterocycles. The summed E-state index contributed by atoms with van der Waals surface area (Å²) in [4.78, 5) is 46.0. The fourth-order valence-corrected chi connectivity index (χ4v) is 5.64. The van der Waals surface area contributed by atoms with Gasteiger partial charge in [0.15, 0.2) is 11.5 Å². The average Bonchev–Trinajstić information content (AvgIpc) is 3.22. The lowest BCUT2D eigenvalue weighted by molar-refractivity contribution is -0.133. The Morgan fingerprint density at radius 2 is 2.00 bits per heavy atom. The van der Waals surface area contributed by atoms with Crippen LogP contribution in [-0.2, 0) is 17.8 Å². The fourth-order valence-electron chi connectivity index (χ4n) is 4.59. The van der Waals surface area contributed by atoms with Gasteiger partial charge in [-0.2, -0.15) is 0 Å². The van der Waals surface area contributed by atoms with Crippen LogP contribution in [0.4, 0.5) is 0 Å². The standard InChI is InChI=1S/C26H32N4O5S/c1-16-6-5-11-29(13-16)21(31)14-30-15-28-25-22(26(30)33)17(2)23(36-25)24(32)27-10-9-18-7-8-19(34-3)20(12-18)35-4/h7-8,12,15-16H,5-6,9-11,13-14H2,1-4H3,(H,27,32). The Balaban J connectivity index is 1.45. The maximum Gasteiger partial charge on any atom is 0.262 e. The van der Waals surface area contributed by atoms with Crippen LogP contribution in [0, 0.1) is 12.8 Å². The summed E-state index contributed by atoms with van der Waals surface area (Å²) in [6.45, 7) is 5.70. The molecule has 1 aliphatic heterocycles. The van der Waals surface area contributed by atoms with E-state index in [9.17, 15) is 14.4 Å². The molecule has 1 aromatic carbocycles. The Bertz CT molecular complexity index is 1330. The summed E-state index contributed by atoms with van der Waals surface area (Å²) >= 11 is 1.19. The molecule has 192 valence electrons. The number of nitrogens with one attached hydrogen (secondary N) is 1. The van der Waals surface area contributed by atoms with E-state index in [1.54, 1.807) is 21.1 Å². The van der Waals surface area contributed by atoms with Crippen molar-refractivity contribution in [1.82, 2.24) is 19.8 Å². The number of hydrogen-bond acceptors (Lipinski definition) is 7. The van der Waals surface area contributed by atoms with Crippen LogP contribution in [0.15, 0.2) is 29.3 Å². The van der Waals surface area contributed by atoms with Crippen LogP contribution in [0.1, 0.15) is 40.6 Å². The summed E-state index contributed by atoms with van der Waals surface area (Å²) in [5, 5.41) is 3.33. The van der Waals surface area contributed by atoms with E-state index in [1.165, 1.54) is 22.2 Å². The number of piperidine rings is 1. The molecule has 0 radical (unpaired) electrons. The van der Waals surface area contributed by atoms with Gasteiger partial charge in [-0.25, -0.2) is 4.98 Å². The Morgan fingerprint density at radius 3 is 2.72 bits per heavy atom. The van der Waals surface area contributed by atoms with Crippen molar-refractivity contribution in [3.8, 4) is 11.5 Å². The molecule has 2 aromatic heterocycles. The minimum Gasteiger partial charge on any atom is -0.493 e. The van der Waals surface area contributed by atoms with E-state index < -0.39 is 0 Å². The number of nitrogens with zero attached hydrogens (tertiary/aromatic N) is 3. The number of benzene rings is 1. The lowest BCUT2D eigenvalue weighted by Gasteiger charge is -2.31. The maximum atomic E-state index is 13.2. The van der Waals surface area contributed by atoms with Crippen LogP contribution in [-0.4, -0.2) is 60.1 Å². The van der Waals surface area contributed by atoms with Crippen LogP contribution < -0.4 is 20.3 Å². The Hall–Kier alpha value is -3.40. The van der Waals surface area contributed by atoms with Gasteiger partial charge in [-0.05, 0) is 55.4 Å². The first kappa shape index (κ1) is 25.7. The third-order valence-corrected chi connectivity index (χ3v) is 7.78. The van der Waals surface area contributed by atoms with Crippen molar-refractivity contribution in [3.63, 3.8) is 0 Å². The quantitative estimate of drug-likeness (QED) is 0.498. The number of fused-ring (bicyclic) bond motifs is 1. The van der Waals surface area contributed by atoms with Gasteiger partial charge in [-0.15, -0.1) is 11.3 Å². The van der Waals surface area contributed by atoms with Crippen LogP contribution in [0.3, 0.4) is 0 Å². The van der Waals surface area contributed by atoms with Gasteiger partial charge in [0.05, 0.1) is 30.8 Å². The summed E-state index contributed by atoms with van der Waals surface area (Å²) in [6, 6.07) is 5.64. The molecule has 0 aliphatic carbocycles. The van der Waals surface area contributed by atoms with Gasteiger partial charge in [0.1, 0.15) is 11.4 Å². The molecule has 0 saturated carbocycles. The molecule has 3 aromatic rings. The van der Waals surface area contributed by atoms with Crippen molar-refractivity contribution in [1.29, 1.82) is 0 Å². The van der Waals surface area contributed by atoms with Gasteiger partial charge >= 0.3 is 0 Å². The Morgan fingerprint density at radius 1 is 1.22 bits per heavy atom. The van der Waals surface area contributed by atoms with Crippen molar-refractivity contribution in [2.24, 2.45) is 5.92 Å². The highest BCUT2D eigenvalue weighted by Gasteiger charge is 2.23. The summed E-state index contributed by atoms with van der Waals surface area (Å²) in [5.74, 6) is 1.42. The monoisotopic (exact) mass is 512 g/mol. The highest BCUT2D eigenvalue weighted by molar-refractivity contribution is 7.20. The molecule has 0 bridgehead atoms. The van der Waals surface area contributed by atoms with E-state index in [4.69, 9.17) is 9.47 Å². The van der Waals surface area contributed by atoms with E-state index in [0.717, 1.165) is 24.9 Å². The van der Waals surface area contributed by atoms with E-state index >= 15 is 0 Å². The number of aromatic nitrogens is 2. The average molecular weight is 513 g/mol. The number of ether oxygens (including phenoxy) is 2. The van der Waals surface area contributed by atoms with Crippen molar-refractivity contribution in [2.45, 2.75) is 39.7 Å². The number of thiophene rings is 1. The fraction of sp³-hybridized carbons (Fsp3) is 0.462. The van der Waals surface area contributed by atoms with Gasteiger partial charge in [-0.3, -0.25) is 19.0 Å². The van der Waals surface area contributed by atoms with Crippen molar-refractivity contribution < 1.29 is 19.1 Å². The molecule has 2 amide bonds. The maximum absolute atomic E-state index is 13.2. The number of likely N-dealkylation sites (tertiary alicyclic amines) is 1. The van der Waals surface area contributed by atoms with E-state index in [-0.39, 0.29) is 23.9 Å². The SMILES string of the molecule is COc1ccc(CCNC(=O)c2sc3ncn(CC(=O)N4CCCC(C)C4)c(=O)c3c2C)cc1OC. The second kappa shape index (κ2) is 11.1. The van der Waals surface area contributed by atoms with Crippen LogP contribution >= 0.6 is 11.3 Å². The van der Waals surface area contributed by atoms with E-state index in [0.29, 0.717) is 57.6 Å². The predicted molar refractivity (Wildman–Crippen MR) is 139 cm³/mol. The zero-order valence-electron chi connectivity index (χ0n) is 21.1. The number of methoxy groups -OCH3 is 2. The van der Waals surface area contributed by atoms with Crippen LogP contribution in [0.5, 0.6) is 11.5 Å². The molecule has 1 unspecified atom stereocenters. The molecule has 1 N–H and O–H groups in total. The summed E-state index contributed by atoms with van der Waals surface area (Å²) in [7, 11) is 3.17. The highest BCUT2D eigenvalue weighted by atomic mass is 32.1. The minimum atomic E-state index is -0.295. The molecule has 9 nitrogen and oxygen atoms in total. The molecule has 1 fully saturated rings. The van der Waals surface area contributed by atoms with Crippen LogP contribution in [0.2, 0.25) is 0 Å². The first-order valence-corrected chi connectivity index (χ1v) is 12.9. The molecule has 1 aliphatic rings. The van der Waals surface area contributed by atoms with Gasteiger partial charge in [0.2, 0.25) is 5.91 Å². The number of rotatable bonds is 8. The second-order valence-electron chi connectivity index (χ2n) is 9.20. The van der Waals surface area contributed by atoms with E-state index in [1.807, 2.05) is 23.1 Å². The molecular formula is C26H32N4O5S. The van der Waals surface area contributed by atoms with Gasteiger partial charge < -0.3 is 19.7 Å².